The van der Waals surface area contributed by atoms with Gasteiger partial charge in [0.05, 0.1) is 17.0 Å². The van der Waals surface area contributed by atoms with Crippen molar-refractivity contribution in [1.82, 2.24) is 0 Å². The molecule has 0 aliphatic heterocycles. The predicted molar refractivity (Wildman–Crippen MR) is 136 cm³/mol. The van der Waals surface area contributed by atoms with E-state index in [1.54, 1.807) is 12.2 Å². The molecule has 0 saturated heterocycles. The van der Waals surface area contributed by atoms with E-state index in [4.69, 9.17) is 4.55 Å². The van der Waals surface area contributed by atoms with Crippen LogP contribution in [-0.4, -0.2) is 64.1 Å². The molecule has 0 unspecified atom stereocenters. The van der Waals surface area contributed by atoms with Gasteiger partial charge in [-0.1, -0.05) is 37.6 Å². The topological polar surface area (TPSA) is 189 Å². The second-order valence-corrected chi connectivity index (χ2v) is 12.9. The first-order valence-electron chi connectivity index (χ1n) is 12.9. The van der Waals surface area contributed by atoms with E-state index in [0.29, 0.717) is 12.8 Å². The number of fused-ring (bicyclic) bond motifs is 5. The van der Waals surface area contributed by atoms with Crippen LogP contribution >= 0.6 is 0 Å². The summed E-state index contributed by atoms with van der Waals surface area (Å²) in [4.78, 5) is 34.0. The second-order valence-electron chi connectivity index (χ2n) is 11.5. The van der Waals surface area contributed by atoms with Crippen LogP contribution in [0.2, 0.25) is 0 Å². The Bertz CT molecular complexity index is 1370. The Morgan fingerprint density at radius 3 is 2.45 bits per heavy atom. The summed E-state index contributed by atoms with van der Waals surface area (Å²) in [6.45, 7) is 3.34. The van der Waals surface area contributed by atoms with Crippen molar-refractivity contribution in [2.75, 3.05) is 6.61 Å². The first kappa shape index (κ1) is 32.8. The fraction of sp³-hybridized carbons (Fsp3) is 0.536. The number of aromatic carboxylic acids is 1. The van der Waals surface area contributed by atoms with Crippen molar-refractivity contribution < 1.29 is 77.3 Å². The van der Waals surface area contributed by atoms with Gasteiger partial charge in [0.25, 0.3) is 10.1 Å². The zero-order chi connectivity index (χ0) is 29.0. The van der Waals surface area contributed by atoms with Crippen LogP contribution in [0, 0.1) is 28.6 Å². The fourth-order valence-electron chi connectivity index (χ4n) is 7.70. The molecule has 5 rings (SSSR count). The van der Waals surface area contributed by atoms with Gasteiger partial charge < -0.3 is 25.2 Å². The Kier molecular flexibility index (Phi) is 9.45. The number of hydrogen-bond acceptors (Lipinski definition) is 9. The molecule has 1 aromatic rings. The maximum atomic E-state index is 12.4. The SMILES string of the molecule is C[C@]12C=CC(=O)C=C1CC[C@@H]1[C@@H]2[C@@H](O)C[C@@]2(C)[C@H]1CC[C@]2(O)C(=O)CO.O=C([O-])c1cccc(S(=O)(=O)O)c1.[Na+]. The summed E-state index contributed by atoms with van der Waals surface area (Å²) in [5, 5.41) is 42.0. The minimum absolute atomic E-state index is 0. The second kappa shape index (κ2) is 11.5. The predicted octanol–water partition coefficient (Wildman–Crippen LogP) is -2.14. The monoisotopic (exact) mass is 584 g/mol. The third-order valence-electron chi connectivity index (χ3n) is 9.62. The first-order valence-corrected chi connectivity index (χ1v) is 14.3. The number of carboxylic acid groups (broad SMARTS) is 1. The molecule has 3 saturated carbocycles. The van der Waals surface area contributed by atoms with Crippen LogP contribution in [0.5, 0.6) is 0 Å². The Balaban J connectivity index is 0.000000268. The molecule has 1 aromatic carbocycles. The smallest absolute Gasteiger partial charge is 0.545 e. The number of Topliss-reactive ketones (excluding diaryl/α,β-unsaturated/α-hetero) is 1. The quantitative estimate of drug-likeness (QED) is 0.224. The number of ketones is 2. The number of carboxylic acids is 1. The normalized spacial score (nSPS) is 36.0. The summed E-state index contributed by atoms with van der Waals surface area (Å²) in [6.07, 6.45) is 7.68. The molecule has 0 aromatic heterocycles. The van der Waals surface area contributed by atoms with Crippen molar-refractivity contribution in [3.63, 3.8) is 0 Å². The molecule has 0 bridgehead atoms. The number of allylic oxidation sites excluding steroid dienone is 4. The van der Waals surface area contributed by atoms with E-state index in [2.05, 4.69) is 6.92 Å². The maximum Gasteiger partial charge on any atom is 1.00 e. The summed E-state index contributed by atoms with van der Waals surface area (Å²) in [7, 11) is -4.35. The van der Waals surface area contributed by atoms with Gasteiger partial charge in [-0.15, -0.1) is 0 Å². The van der Waals surface area contributed by atoms with Gasteiger partial charge >= 0.3 is 29.6 Å². The zero-order valence-corrected chi connectivity index (χ0v) is 25.6. The molecule has 0 radical (unpaired) electrons. The van der Waals surface area contributed by atoms with Crippen molar-refractivity contribution in [3.8, 4) is 0 Å². The van der Waals surface area contributed by atoms with Crippen LogP contribution in [0.4, 0.5) is 0 Å². The van der Waals surface area contributed by atoms with E-state index in [1.807, 2.05) is 13.0 Å². The standard InChI is InChI=1S/C21H28O5.C7H6O5S.Na/c1-19-7-5-13(23)9-12(19)3-4-14-15-6-8-21(26,17(25)11-22)20(15,2)10-16(24)18(14)19;8-7(9)5-2-1-3-6(4-5)13(10,11)12;/h5,7,9,14-16,18,22,24,26H,3-4,6,8,10-11H2,1-2H3;1-4H,(H,8,9)(H,10,11,12);/q;;+1/p-1/t14-,15-,16-,18+,19-,20-,21-;;/m0../s1. The molecule has 4 N–H and O–H groups in total. The molecule has 10 nitrogen and oxygen atoms in total. The number of benzene rings is 1. The number of carbonyl (C=O) groups excluding carboxylic acids is 3. The minimum atomic E-state index is -4.35. The molecule has 40 heavy (non-hydrogen) atoms. The van der Waals surface area contributed by atoms with E-state index >= 15 is 0 Å². The molecule has 7 atom stereocenters. The number of carbonyl (C=O) groups is 3. The van der Waals surface area contributed by atoms with Crippen LogP contribution < -0.4 is 34.7 Å². The van der Waals surface area contributed by atoms with E-state index in [0.717, 1.165) is 37.0 Å². The van der Waals surface area contributed by atoms with Gasteiger partial charge in [-0.05, 0) is 73.8 Å². The van der Waals surface area contributed by atoms with Crippen LogP contribution in [0.25, 0.3) is 0 Å². The molecule has 4 aliphatic rings. The zero-order valence-electron chi connectivity index (χ0n) is 22.7. The minimum Gasteiger partial charge on any atom is -0.545 e. The third-order valence-corrected chi connectivity index (χ3v) is 10.5. The summed E-state index contributed by atoms with van der Waals surface area (Å²) in [6, 6.07) is 4.28. The average Bonchev–Trinajstić information content (AvgIpc) is 3.14. The van der Waals surface area contributed by atoms with E-state index < -0.39 is 50.5 Å². The number of aliphatic hydroxyl groups excluding tert-OH is 2. The van der Waals surface area contributed by atoms with Gasteiger partial charge in [-0.25, -0.2) is 0 Å². The number of rotatable bonds is 4. The third kappa shape index (κ3) is 5.43. The van der Waals surface area contributed by atoms with E-state index in [-0.39, 0.29) is 64.1 Å². The molecule has 12 heteroatoms. The Hall–Kier alpha value is -1.70. The van der Waals surface area contributed by atoms with Crippen LogP contribution in [0.15, 0.2) is 53.0 Å². The Labute approximate surface area is 255 Å². The van der Waals surface area contributed by atoms with Gasteiger partial charge in [-0.2, -0.15) is 8.42 Å². The first-order chi connectivity index (χ1) is 18.1. The molecule has 3 fully saturated rings. The van der Waals surface area contributed by atoms with Gasteiger partial charge in [0, 0.05) is 16.7 Å². The number of aliphatic hydroxyl groups is 3. The number of hydrogen-bond donors (Lipinski definition) is 4. The van der Waals surface area contributed by atoms with Gasteiger partial charge in [0.2, 0.25) is 0 Å². The molecular weight excluding hydrogens is 551 g/mol. The van der Waals surface area contributed by atoms with Gasteiger partial charge in [0.1, 0.15) is 12.2 Å². The van der Waals surface area contributed by atoms with Crippen molar-refractivity contribution in [2.45, 2.75) is 62.6 Å². The molecule has 4 aliphatic carbocycles. The van der Waals surface area contributed by atoms with Gasteiger partial charge in [0.15, 0.2) is 11.6 Å². The van der Waals surface area contributed by atoms with E-state index in [9.17, 15) is 43.2 Å². The summed E-state index contributed by atoms with van der Waals surface area (Å²) < 4.78 is 29.7. The molecular formula is C28H33NaO10S. The summed E-state index contributed by atoms with van der Waals surface area (Å²) >= 11 is 0. The Morgan fingerprint density at radius 2 is 1.85 bits per heavy atom. The molecule has 0 heterocycles. The van der Waals surface area contributed by atoms with Crippen molar-refractivity contribution in [2.24, 2.45) is 28.6 Å². The summed E-state index contributed by atoms with van der Waals surface area (Å²) in [5.74, 6) is -1.72. The average molecular weight is 585 g/mol. The van der Waals surface area contributed by atoms with E-state index in [1.165, 1.54) is 12.1 Å². The van der Waals surface area contributed by atoms with Crippen molar-refractivity contribution in [3.05, 3.63) is 53.6 Å². The fourth-order valence-corrected chi connectivity index (χ4v) is 8.23. The molecule has 212 valence electrons. The van der Waals surface area contributed by atoms with Crippen molar-refractivity contribution >= 4 is 27.7 Å². The van der Waals surface area contributed by atoms with Crippen LogP contribution in [0.1, 0.15) is 56.3 Å². The largest absolute Gasteiger partial charge is 1.00 e. The molecule has 0 spiro atoms. The van der Waals surface area contributed by atoms with Crippen LogP contribution in [-0.2, 0) is 19.7 Å². The van der Waals surface area contributed by atoms with Crippen molar-refractivity contribution in [1.29, 1.82) is 0 Å². The Morgan fingerprint density at radius 1 is 1.18 bits per heavy atom. The molecule has 0 amide bonds. The van der Waals surface area contributed by atoms with Gasteiger partial charge in [-0.3, -0.25) is 14.1 Å². The van der Waals surface area contributed by atoms with Crippen LogP contribution in [0.3, 0.4) is 0 Å². The maximum absolute atomic E-state index is 12.4. The summed E-state index contributed by atoms with van der Waals surface area (Å²) in [5.41, 5.74) is -1.84.